The van der Waals surface area contributed by atoms with Crippen LogP contribution in [-0.4, -0.2) is 51.0 Å². The number of likely N-dealkylation sites (N-methyl/N-ethyl adjacent to an activating group) is 1. The van der Waals surface area contributed by atoms with Gasteiger partial charge in [0.15, 0.2) is 6.04 Å². The van der Waals surface area contributed by atoms with Gasteiger partial charge in [0, 0.05) is 37.5 Å². The van der Waals surface area contributed by atoms with E-state index in [1.165, 1.54) is 11.9 Å². The van der Waals surface area contributed by atoms with Crippen molar-refractivity contribution >= 4 is 28.7 Å². The van der Waals surface area contributed by atoms with Gasteiger partial charge < -0.3 is 9.47 Å². The van der Waals surface area contributed by atoms with Crippen molar-refractivity contribution in [2.75, 3.05) is 13.6 Å². The number of hydrogen-bond acceptors (Lipinski definition) is 4. The summed E-state index contributed by atoms with van der Waals surface area (Å²) in [6, 6.07) is 7.17. The molecule has 8 nitrogen and oxygen atoms in total. The zero-order valence-electron chi connectivity index (χ0n) is 17.0. The third kappa shape index (κ3) is 3.09. The molecular formula is C22H24N4O4. The van der Waals surface area contributed by atoms with E-state index in [1.807, 2.05) is 37.3 Å². The van der Waals surface area contributed by atoms with E-state index >= 15 is 0 Å². The van der Waals surface area contributed by atoms with Crippen LogP contribution in [0.3, 0.4) is 0 Å². The Hall–Kier alpha value is -3.39. The number of rotatable bonds is 5. The summed E-state index contributed by atoms with van der Waals surface area (Å²) in [5, 5.41) is 9.75. The van der Waals surface area contributed by atoms with Crippen LogP contribution in [0.25, 0.3) is 10.9 Å². The fourth-order valence-electron chi connectivity index (χ4n) is 4.36. The van der Waals surface area contributed by atoms with Gasteiger partial charge in [-0.05, 0) is 30.5 Å². The number of aromatic nitrogens is 1. The lowest BCUT2D eigenvalue weighted by atomic mass is 9.98. The smallest absolute Gasteiger partial charge is 0.327 e. The summed E-state index contributed by atoms with van der Waals surface area (Å²) in [6.07, 6.45) is 6.23. The third-order valence-corrected chi connectivity index (χ3v) is 5.86. The Labute approximate surface area is 174 Å². The highest BCUT2D eigenvalue weighted by Crippen LogP contribution is 2.41. The highest BCUT2D eigenvalue weighted by Gasteiger charge is 2.48. The minimum atomic E-state index is -0.610. The van der Waals surface area contributed by atoms with E-state index in [0.717, 1.165) is 27.7 Å². The second-order valence-corrected chi connectivity index (χ2v) is 7.50. The molecule has 1 atom stereocenters. The summed E-state index contributed by atoms with van der Waals surface area (Å²) in [6.45, 7) is 2.93. The van der Waals surface area contributed by atoms with E-state index in [9.17, 15) is 14.4 Å². The summed E-state index contributed by atoms with van der Waals surface area (Å²) < 4.78 is 2.11. The molecule has 2 aliphatic rings. The predicted molar refractivity (Wildman–Crippen MR) is 111 cm³/mol. The Kier molecular flexibility index (Phi) is 5.17. The predicted octanol–water partition coefficient (Wildman–Crippen LogP) is 2.53. The molecule has 156 valence electrons. The van der Waals surface area contributed by atoms with E-state index in [-0.39, 0.29) is 18.4 Å². The van der Waals surface area contributed by atoms with Crippen molar-refractivity contribution in [1.82, 2.24) is 19.8 Å². The molecule has 0 bridgehead atoms. The number of nitrogens with zero attached hydrogens (tertiary/aromatic N) is 3. The largest absolute Gasteiger partial charge is 0.337 e. The van der Waals surface area contributed by atoms with Crippen molar-refractivity contribution in [1.29, 1.82) is 0 Å². The van der Waals surface area contributed by atoms with E-state index in [4.69, 9.17) is 5.21 Å². The quantitative estimate of drug-likeness (QED) is 0.344. The molecule has 8 heteroatoms. The summed E-state index contributed by atoms with van der Waals surface area (Å²) in [5.41, 5.74) is 5.56. The van der Waals surface area contributed by atoms with Crippen molar-refractivity contribution < 1.29 is 19.6 Å². The lowest BCUT2D eigenvalue weighted by molar-refractivity contribution is -0.128. The fourth-order valence-corrected chi connectivity index (χ4v) is 4.36. The van der Waals surface area contributed by atoms with Crippen LogP contribution in [0.1, 0.15) is 30.6 Å². The molecule has 1 unspecified atom stereocenters. The van der Waals surface area contributed by atoms with Crippen LogP contribution in [0.15, 0.2) is 48.1 Å². The number of urea groups is 1. The molecule has 2 aliphatic heterocycles. The number of hydroxylamine groups is 1. The normalized spacial score (nSPS) is 19.0. The van der Waals surface area contributed by atoms with Crippen LogP contribution in [-0.2, 0) is 22.6 Å². The van der Waals surface area contributed by atoms with Crippen molar-refractivity contribution in [3.8, 4) is 0 Å². The number of nitrogens with one attached hydrogen (secondary N) is 1. The number of para-hydroxylation sites is 1. The molecule has 1 aromatic carbocycles. The lowest BCUT2D eigenvalue weighted by Gasteiger charge is -2.29. The van der Waals surface area contributed by atoms with E-state index < -0.39 is 11.9 Å². The second-order valence-electron chi connectivity index (χ2n) is 7.50. The molecule has 0 radical (unpaired) electrons. The Morgan fingerprint density at radius 3 is 2.80 bits per heavy atom. The molecule has 2 N–H and O–H groups in total. The zero-order chi connectivity index (χ0) is 21.4. The van der Waals surface area contributed by atoms with Crippen molar-refractivity contribution in [3.05, 3.63) is 59.3 Å². The van der Waals surface area contributed by atoms with Crippen LogP contribution in [0.2, 0.25) is 0 Å². The fraction of sp³-hybridized carbons (Fsp3) is 0.318. The molecule has 0 spiro atoms. The van der Waals surface area contributed by atoms with Crippen molar-refractivity contribution in [2.24, 2.45) is 0 Å². The van der Waals surface area contributed by atoms with Crippen LogP contribution in [0, 0.1) is 0 Å². The van der Waals surface area contributed by atoms with Gasteiger partial charge in [-0.2, -0.15) is 0 Å². The molecule has 1 saturated heterocycles. The number of amides is 4. The van der Waals surface area contributed by atoms with Gasteiger partial charge in [0.2, 0.25) is 5.91 Å². The van der Waals surface area contributed by atoms with Crippen LogP contribution in [0.4, 0.5) is 4.79 Å². The van der Waals surface area contributed by atoms with Crippen LogP contribution >= 0.6 is 0 Å². The van der Waals surface area contributed by atoms with Gasteiger partial charge in [-0.1, -0.05) is 36.4 Å². The SMILES string of the molecule is C/C=C(\C=C/CC(=O)NO)Cn1c2c(c3ccccc31)CCN1C(=O)N(C)C(=O)C21. The summed E-state index contributed by atoms with van der Waals surface area (Å²) in [4.78, 5) is 39.6. The highest BCUT2D eigenvalue weighted by atomic mass is 16.5. The first-order chi connectivity index (χ1) is 14.5. The minimum Gasteiger partial charge on any atom is -0.337 e. The second kappa shape index (κ2) is 7.79. The van der Waals surface area contributed by atoms with Crippen LogP contribution in [0.5, 0.6) is 0 Å². The molecule has 4 rings (SSSR count). The summed E-state index contributed by atoms with van der Waals surface area (Å²) in [5.74, 6) is -0.693. The molecule has 4 amide bonds. The number of benzene rings is 1. The molecule has 1 aromatic heterocycles. The van der Waals surface area contributed by atoms with Gasteiger partial charge in [-0.25, -0.2) is 10.3 Å². The number of fused-ring (bicyclic) bond motifs is 5. The summed E-state index contributed by atoms with van der Waals surface area (Å²) in [7, 11) is 1.53. The standard InChI is InChI=1S/C22H24N4O4/c1-3-14(7-6-10-18(27)23-30)13-26-17-9-5-4-8-15(17)16-11-12-25-20(19(16)26)21(28)24(2)22(25)29/h3-9,20,30H,10-13H2,1-2H3,(H,23,27)/b7-6-,14-3+. The van der Waals surface area contributed by atoms with Crippen molar-refractivity contribution in [2.45, 2.75) is 32.4 Å². The summed E-state index contributed by atoms with van der Waals surface area (Å²) >= 11 is 0. The molecule has 30 heavy (non-hydrogen) atoms. The van der Waals surface area contributed by atoms with Gasteiger partial charge in [0.25, 0.3) is 5.91 Å². The topological polar surface area (TPSA) is 94.9 Å². The van der Waals surface area contributed by atoms with E-state index in [2.05, 4.69) is 10.6 Å². The Morgan fingerprint density at radius 2 is 2.07 bits per heavy atom. The third-order valence-electron chi connectivity index (χ3n) is 5.86. The molecular weight excluding hydrogens is 384 g/mol. The molecule has 2 aromatic rings. The van der Waals surface area contributed by atoms with E-state index in [1.54, 1.807) is 16.5 Å². The maximum atomic E-state index is 12.9. The Balaban J connectivity index is 1.78. The Bertz CT molecular complexity index is 1100. The number of imide groups is 1. The van der Waals surface area contributed by atoms with Gasteiger partial charge in [0.1, 0.15) is 0 Å². The lowest BCUT2D eigenvalue weighted by Crippen LogP contribution is -2.36. The van der Waals surface area contributed by atoms with Crippen molar-refractivity contribution in [3.63, 3.8) is 0 Å². The molecule has 1 fully saturated rings. The molecule has 0 aliphatic carbocycles. The first-order valence-electron chi connectivity index (χ1n) is 9.90. The first kappa shape index (κ1) is 19.9. The minimum absolute atomic E-state index is 0.0621. The van der Waals surface area contributed by atoms with E-state index in [0.29, 0.717) is 19.5 Å². The average Bonchev–Trinajstić information content (AvgIpc) is 3.20. The average molecular weight is 408 g/mol. The number of carbonyl (C=O) groups is 3. The maximum absolute atomic E-state index is 12.9. The first-order valence-corrected chi connectivity index (χ1v) is 9.90. The molecule has 0 saturated carbocycles. The number of carbonyl (C=O) groups excluding carboxylic acids is 3. The van der Waals surface area contributed by atoms with Crippen LogP contribution < -0.4 is 5.48 Å². The van der Waals surface area contributed by atoms with Gasteiger partial charge in [-0.15, -0.1) is 0 Å². The molecule has 3 heterocycles. The highest BCUT2D eigenvalue weighted by molar-refractivity contribution is 6.05. The number of hydrogen-bond donors (Lipinski definition) is 2. The number of allylic oxidation sites excluding steroid dienone is 3. The Morgan fingerprint density at radius 1 is 1.30 bits per heavy atom. The monoisotopic (exact) mass is 408 g/mol. The van der Waals surface area contributed by atoms with Gasteiger partial charge >= 0.3 is 6.03 Å². The van der Waals surface area contributed by atoms with Gasteiger partial charge in [-0.3, -0.25) is 19.7 Å². The zero-order valence-corrected chi connectivity index (χ0v) is 17.0. The maximum Gasteiger partial charge on any atom is 0.327 e. The van der Waals surface area contributed by atoms with Gasteiger partial charge in [0.05, 0.1) is 5.69 Å².